The molecule has 6 nitrogen and oxygen atoms in total. The average Bonchev–Trinajstić information content (AvgIpc) is 3.09. The predicted molar refractivity (Wildman–Crippen MR) is 85.0 cm³/mol. The van der Waals surface area contributed by atoms with Crippen LogP contribution in [0.15, 0.2) is 36.8 Å². The topological polar surface area (TPSA) is 54.3 Å². The first-order valence-electron chi connectivity index (χ1n) is 7.57. The molecule has 0 bridgehead atoms. The van der Waals surface area contributed by atoms with Crippen LogP contribution in [0.1, 0.15) is 29.2 Å². The van der Waals surface area contributed by atoms with E-state index < -0.39 is 0 Å². The predicted octanol–water partition coefficient (Wildman–Crippen LogP) is 1.82. The van der Waals surface area contributed by atoms with Crippen LogP contribution < -0.4 is 4.90 Å². The zero-order chi connectivity index (χ0) is 15.5. The summed E-state index contributed by atoms with van der Waals surface area (Å²) in [5, 5.41) is 4.30. The lowest BCUT2D eigenvalue weighted by Crippen LogP contribution is -2.40. The van der Waals surface area contributed by atoms with Gasteiger partial charge in [0.05, 0.1) is 11.6 Å². The second-order valence-electron chi connectivity index (χ2n) is 5.83. The molecule has 3 heterocycles. The van der Waals surface area contributed by atoms with Gasteiger partial charge < -0.3 is 9.80 Å². The summed E-state index contributed by atoms with van der Waals surface area (Å²) in [4.78, 5) is 20.8. The number of nitrogens with zero attached hydrogens (tertiary/aromatic N) is 5. The monoisotopic (exact) mass is 299 g/mol. The summed E-state index contributed by atoms with van der Waals surface area (Å²) in [5.41, 5.74) is 0.645. The van der Waals surface area contributed by atoms with Gasteiger partial charge in [-0.15, -0.1) is 0 Å². The van der Waals surface area contributed by atoms with E-state index in [1.165, 1.54) is 0 Å². The second-order valence-corrected chi connectivity index (χ2v) is 5.83. The van der Waals surface area contributed by atoms with Crippen LogP contribution in [0.3, 0.4) is 0 Å². The van der Waals surface area contributed by atoms with Gasteiger partial charge in [-0.3, -0.25) is 9.48 Å². The number of rotatable bonds is 3. The van der Waals surface area contributed by atoms with E-state index in [1.807, 2.05) is 53.0 Å². The standard InChI is InChI=1S/C16H21N5O/c1-19(2)15-7-6-13(11-17-15)16(22)20-9-3-5-14(12-20)21-10-4-8-18-21/h4,6-8,10-11,14H,3,5,9,12H2,1-2H3/t14-/m0/s1. The molecule has 1 fully saturated rings. The third kappa shape index (κ3) is 2.95. The molecule has 1 aliphatic heterocycles. The fraction of sp³-hybridized carbons (Fsp3) is 0.438. The lowest BCUT2D eigenvalue weighted by atomic mass is 10.0. The summed E-state index contributed by atoms with van der Waals surface area (Å²) in [6, 6.07) is 5.91. The molecule has 116 valence electrons. The highest BCUT2D eigenvalue weighted by Gasteiger charge is 2.25. The minimum atomic E-state index is 0.0506. The molecular formula is C16H21N5O. The molecule has 1 amide bonds. The number of piperidine rings is 1. The van der Waals surface area contributed by atoms with Crippen molar-refractivity contribution in [2.75, 3.05) is 32.1 Å². The average molecular weight is 299 g/mol. The molecule has 0 aromatic carbocycles. The van der Waals surface area contributed by atoms with Crippen LogP contribution in [0.4, 0.5) is 5.82 Å². The molecule has 6 heteroatoms. The lowest BCUT2D eigenvalue weighted by molar-refractivity contribution is 0.0672. The molecule has 0 spiro atoms. The number of amides is 1. The third-order valence-corrected chi connectivity index (χ3v) is 4.04. The van der Waals surface area contributed by atoms with E-state index >= 15 is 0 Å². The molecule has 0 unspecified atom stereocenters. The molecule has 1 atom stereocenters. The van der Waals surface area contributed by atoms with Crippen molar-refractivity contribution in [2.45, 2.75) is 18.9 Å². The van der Waals surface area contributed by atoms with Gasteiger partial charge in [-0.1, -0.05) is 0 Å². The van der Waals surface area contributed by atoms with Gasteiger partial charge >= 0.3 is 0 Å². The smallest absolute Gasteiger partial charge is 0.255 e. The molecule has 0 aliphatic carbocycles. The van der Waals surface area contributed by atoms with Crippen LogP contribution in [-0.4, -0.2) is 52.8 Å². The Bertz CT molecular complexity index is 620. The fourth-order valence-corrected chi connectivity index (χ4v) is 2.81. The summed E-state index contributed by atoms with van der Waals surface area (Å²) in [5.74, 6) is 0.902. The fourth-order valence-electron chi connectivity index (χ4n) is 2.81. The molecule has 1 aliphatic rings. The molecule has 2 aromatic rings. The highest BCUT2D eigenvalue weighted by molar-refractivity contribution is 5.94. The van der Waals surface area contributed by atoms with Gasteiger partial charge in [-0.25, -0.2) is 4.98 Å². The van der Waals surface area contributed by atoms with Crippen LogP contribution in [0.2, 0.25) is 0 Å². The molecule has 0 radical (unpaired) electrons. The van der Waals surface area contributed by atoms with Crippen LogP contribution in [0, 0.1) is 0 Å². The Balaban J connectivity index is 1.71. The molecule has 3 rings (SSSR count). The molecular weight excluding hydrogens is 278 g/mol. The number of pyridine rings is 1. The Labute approximate surface area is 130 Å². The highest BCUT2D eigenvalue weighted by atomic mass is 16.2. The number of carbonyl (C=O) groups excluding carboxylic acids is 1. The normalized spacial score (nSPS) is 18.3. The van der Waals surface area contributed by atoms with E-state index in [2.05, 4.69) is 10.1 Å². The molecule has 22 heavy (non-hydrogen) atoms. The van der Waals surface area contributed by atoms with Gasteiger partial charge in [0.2, 0.25) is 0 Å². The second kappa shape index (κ2) is 6.17. The van der Waals surface area contributed by atoms with Gasteiger partial charge in [0.25, 0.3) is 5.91 Å². The van der Waals surface area contributed by atoms with Crippen molar-refractivity contribution >= 4 is 11.7 Å². The number of hydrogen-bond donors (Lipinski definition) is 0. The van der Waals surface area contributed by atoms with Crippen LogP contribution in [0.25, 0.3) is 0 Å². The van der Waals surface area contributed by atoms with E-state index in [0.29, 0.717) is 12.1 Å². The summed E-state index contributed by atoms with van der Waals surface area (Å²) in [6.45, 7) is 1.50. The first-order chi connectivity index (χ1) is 10.6. The quantitative estimate of drug-likeness (QED) is 0.867. The number of hydrogen-bond acceptors (Lipinski definition) is 4. The summed E-state index contributed by atoms with van der Waals surface area (Å²) < 4.78 is 1.95. The van der Waals surface area contributed by atoms with Crippen molar-refractivity contribution in [1.82, 2.24) is 19.7 Å². The number of carbonyl (C=O) groups is 1. The van der Waals surface area contributed by atoms with Crippen molar-refractivity contribution in [1.29, 1.82) is 0 Å². The van der Waals surface area contributed by atoms with Crippen LogP contribution >= 0.6 is 0 Å². The number of aromatic nitrogens is 3. The Hall–Kier alpha value is -2.37. The maximum absolute atomic E-state index is 12.6. The molecule has 0 N–H and O–H groups in total. The minimum Gasteiger partial charge on any atom is -0.363 e. The van der Waals surface area contributed by atoms with Crippen molar-refractivity contribution in [3.05, 3.63) is 42.4 Å². The molecule has 0 saturated carbocycles. The van der Waals surface area contributed by atoms with E-state index in [-0.39, 0.29) is 11.9 Å². The van der Waals surface area contributed by atoms with Crippen molar-refractivity contribution < 1.29 is 4.79 Å². The molecule has 1 saturated heterocycles. The van der Waals surface area contributed by atoms with E-state index in [9.17, 15) is 4.79 Å². The Morgan fingerprint density at radius 2 is 2.23 bits per heavy atom. The van der Waals surface area contributed by atoms with Gasteiger partial charge in [0.1, 0.15) is 5.82 Å². The summed E-state index contributed by atoms with van der Waals surface area (Å²) in [6.07, 6.45) is 7.47. The Morgan fingerprint density at radius 1 is 1.36 bits per heavy atom. The van der Waals surface area contributed by atoms with Crippen LogP contribution in [0.5, 0.6) is 0 Å². The van der Waals surface area contributed by atoms with Gasteiger partial charge in [-0.05, 0) is 31.0 Å². The first-order valence-corrected chi connectivity index (χ1v) is 7.57. The van der Waals surface area contributed by atoms with Crippen molar-refractivity contribution in [2.24, 2.45) is 0 Å². The Morgan fingerprint density at radius 3 is 2.86 bits per heavy atom. The first kappa shape index (κ1) is 14.6. The third-order valence-electron chi connectivity index (χ3n) is 4.04. The maximum Gasteiger partial charge on any atom is 0.255 e. The number of likely N-dealkylation sites (tertiary alicyclic amines) is 1. The van der Waals surface area contributed by atoms with E-state index in [1.54, 1.807) is 12.4 Å². The van der Waals surface area contributed by atoms with Gasteiger partial charge in [-0.2, -0.15) is 5.10 Å². The lowest BCUT2D eigenvalue weighted by Gasteiger charge is -2.33. The van der Waals surface area contributed by atoms with E-state index in [0.717, 1.165) is 25.2 Å². The Kier molecular flexibility index (Phi) is 4.09. The summed E-state index contributed by atoms with van der Waals surface area (Å²) in [7, 11) is 3.87. The minimum absolute atomic E-state index is 0.0506. The highest BCUT2D eigenvalue weighted by Crippen LogP contribution is 2.22. The number of anilines is 1. The SMILES string of the molecule is CN(C)c1ccc(C(=O)N2CCC[C@H](n3cccn3)C2)cn1. The van der Waals surface area contributed by atoms with Crippen molar-refractivity contribution in [3.8, 4) is 0 Å². The van der Waals surface area contributed by atoms with E-state index in [4.69, 9.17) is 0 Å². The largest absolute Gasteiger partial charge is 0.363 e. The van der Waals surface area contributed by atoms with Gasteiger partial charge in [0.15, 0.2) is 0 Å². The van der Waals surface area contributed by atoms with Crippen molar-refractivity contribution in [3.63, 3.8) is 0 Å². The zero-order valence-electron chi connectivity index (χ0n) is 13.0. The zero-order valence-corrected chi connectivity index (χ0v) is 13.0. The molecule has 2 aromatic heterocycles. The van der Waals surface area contributed by atoms with Gasteiger partial charge in [0, 0.05) is 45.8 Å². The summed E-state index contributed by atoms with van der Waals surface area (Å²) >= 11 is 0. The maximum atomic E-state index is 12.6. The van der Waals surface area contributed by atoms with Crippen LogP contribution in [-0.2, 0) is 0 Å².